The van der Waals surface area contributed by atoms with Crippen LogP contribution >= 0.6 is 22.6 Å². The van der Waals surface area contributed by atoms with Crippen LogP contribution < -0.4 is 10.1 Å². The molecule has 0 bridgehead atoms. The molecule has 1 saturated carbocycles. The average Bonchev–Trinajstić information content (AvgIpc) is 3.42. The minimum Gasteiger partial charge on any atom is -0.504 e. The van der Waals surface area contributed by atoms with Gasteiger partial charge in [-0.3, -0.25) is 4.79 Å². The number of fused-ring (bicyclic) bond motifs is 1. The number of phenols is 1. The number of hydrogen-bond donors (Lipinski definition) is 2. The third-order valence-corrected chi connectivity index (χ3v) is 5.31. The van der Waals surface area contributed by atoms with E-state index in [0.29, 0.717) is 14.9 Å². The van der Waals surface area contributed by atoms with Crippen molar-refractivity contribution in [1.29, 1.82) is 0 Å². The molecule has 1 amide bonds. The SMILES string of the molecule is COc1cc([C@H]2Nc3ccccc3C(=O)N2C2CC2)cc(I)c1O. The van der Waals surface area contributed by atoms with Gasteiger partial charge in [-0.15, -0.1) is 0 Å². The normalized spacial score (nSPS) is 19.7. The van der Waals surface area contributed by atoms with Gasteiger partial charge in [-0.1, -0.05) is 12.1 Å². The Morgan fingerprint density at radius 2 is 2.04 bits per heavy atom. The summed E-state index contributed by atoms with van der Waals surface area (Å²) in [5.41, 5.74) is 2.45. The van der Waals surface area contributed by atoms with E-state index in [9.17, 15) is 9.90 Å². The third kappa shape index (κ3) is 2.49. The lowest BCUT2D eigenvalue weighted by molar-refractivity contribution is 0.0666. The second-order valence-corrected chi connectivity index (χ2v) is 7.25. The molecular weight excluding hydrogens is 419 g/mol. The fourth-order valence-corrected chi connectivity index (χ4v) is 3.77. The lowest BCUT2D eigenvalue weighted by Crippen LogP contribution is -2.44. The Morgan fingerprint density at radius 3 is 2.75 bits per heavy atom. The second-order valence-electron chi connectivity index (χ2n) is 6.09. The van der Waals surface area contributed by atoms with E-state index in [-0.39, 0.29) is 23.9 Å². The zero-order valence-corrected chi connectivity index (χ0v) is 15.3. The van der Waals surface area contributed by atoms with Crippen LogP contribution in [0.2, 0.25) is 0 Å². The van der Waals surface area contributed by atoms with Crippen molar-refractivity contribution < 1.29 is 14.6 Å². The Morgan fingerprint density at radius 1 is 1.29 bits per heavy atom. The van der Waals surface area contributed by atoms with Crippen molar-refractivity contribution in [2.45, 2.75) is 25.0 Å². The number of halogens is 1. The summed E-state index contributed by atoms with van der Waals surface area (Å²) in [5.74, 6) is 0.599. The Kier molecular flexibility index (Phi) is 3.79. The van der Waals surface area contributed by atoms with Crippen molar-refractivity contribution in [1.82, 2.24) is 4.90 Å². The Labute approximate surface area is 153 Å². The number of hydrogen-bond acceptors (Lipinski definition) is 4. The lowest BCUT2D eigenvalue weighted by atomic mass is 10.0. The van der Waals surface area contributed by atoms with Crippen molar-refractivity contribution in [2.75, 3.05) is 12.4 Å². The van der Waals surface area contributed by atoms with Crippen molar-refractivity contribution in [3.05, 3.63) is 51.1 Å². The lowest BCUT2D eigenvalue weighted by Gasteiger charge is -2.38. The van der Waals surface area contributed by atoms with Crippen LogP contribution in [0.25, 0.3) is 0 Å². The molecule has 2 aromatic rings. The summed E-state index contributed by atoms with van der Waals surface area (Å²) in [4.78, 5) is 14.9. The first-order chi connectivity index (χ1) is 11.6. The highest BCUT2D eigenvalue weighted by Crippen LogP contribution is 2.43. The van der Waals surface area contributed by atoms with Gasteiger partial charge in [-0.2, -0.15) is 0 Å². The molecule has 0 unspecified atom stereocenters. The molecule has 5 nitrogen and oxygen atoms in total. The van der Waals surface area contributed by atoms with E-state index in [1.807, 2.05) is 35.2 Å². The van der Waals surface area contributed by atoms with Crippen LogP contribution in [0.15, 0.2) is 36.4 Å². The molecule has 0 radical (unpaired) electrons. The second kappa shape index (κ2) is 5.84. The molecular formula is C18H17IN2O3. The zero-order chi connectivity index (χ0) is 16.8. The molecule has 24 heavy (non-hydrogen) atoms. The predicted octanol–water partition coefficient (Wildman–Crippen LogP) is 3.73. The molecule has 1 atom stereocenters. The van der Waals surface area contributed by atoms with Crippen LogP contribution in [-0.2, 0) is 0 Å². The number of rotatable bonds is 3. The Hall–Kier alpha value is -1.96. The highest BCUT2D eigenvalue weighted by Gasteiger charge is 2.42. The maximum Gasteiger partial charge on any atom is 0.258 e. The van der Waals surface area contributed by atoms with Crippen LogP contribution in [0.4, 0.5) is 5.69 Å². The van der Waals surface area contributed by atoms with Crippen molar-refractivity contribution in [3.8, 4) is 11.5 Å². The zero-order valence-electron chi connectivity index (χ0n) is 13.1. The van der Waals surface area contributed by atoms with E-state index < -0.39 is 0 Å². The molecule has 2 N–H and O–H groups in total. The molecule has 0 spiro atoms. The van der Waals surface area contributed by atoms with Crippen molar-refractivity contribution >= 4 is 34.2 Å². The largest absolute Gasteiger partial charge is 0.504 e. The van der Waals surface area contributed by atoms with E-state index in [1.54, 1.807) is 6.07 Å². The number of carbonyl (C=O) groups is 1. The van der Waals surface area contributed by atoms with Crippen LogP contribution in [0.5, 0.6) is 11.5 Å². The summed E-state index contributed by atoms with van der Waals surface area (Å²) >= 11 is 2.08. The fraction of sp³-hybridized carbons (Fsp3) is 0.278. The van der Waals surface area contributed by atoms with Gasteiger partial charge in [-0.05, 0) is 65.3 Å². The number of aromatic hydroxyl groups is 1. The number of amides is 1. The molecule has 4 rings (SSSR count). The predicted molar refractivity (Wildman–Crippen MR) is 99.4 cm³/mol. The molecule has 2 aliphatic rings. The number of methoxy groups -OCH3 is 1. The third-order valence-electron chi connectivity index (χ3n) is 4.49. The molecule has 0 aromatic heterocycles. The van der Waals surface area contributed by atoms with E-state index >= 15 is 0 Å². The molecule has 124 valence electrons. The number of carbonyl (C=O) groups excluding carboxylic acids is 1. The van der Waals surface area contributed by atoms with Gasteiger partial charge in [0, 0.05) is 11.7 Å². The molecule has 1 aliphatic heterocycles. The first kappa shape index (κ1) is 15.6. The average molecular weight is 436 g/mol. The summed E-state index contributed by atoms with van der Waals surface area (Å²) < 4.78 is 5.98. The van der Waals surface area contributed by atoms with Crippen LogP contribution in [0.3, 0.4) is 0 Å². The van der Waals surface area contributed by atoms with E-state index in [2.05, 4.69) is 27.9 Å². The highest BCUT2D eigenvalue weighted by molar-refractivity contribution is 14.1. The molecule has 1 aliphatic carbocycles. The highest BCUT2D eigenvalue weighted by atomic mass is 127. The van der Waals surface area contributed by atoms with Gasteiger partial charge in [0.05, 0.1) is 16.2 Å². The van der Waals surface area contributed by atoms with Gasteiger partial charge < -0.3 is 20.1 Å². The Balaban J connectivity index is 1.82. The first-order valence-electron chi connectivity index (χ1n) is 7.84. The minimum atomic E-state index is -0.261. The van der Waals surface area contributed by atoms with Gasteiger partial charge in [0.1, 0.15) is 6.17 Å². The molecule has 6 heteroatoms. The maximum absolute atomic E-state index is 13.0. The van der Waals surface area contributed by atoms with Crippen molar-refractivity contribution in [2.24, 2.45) is 0 Å². The van der Waals surface area contributed by atoms with Gasteiger partial charge in [0.15, 0.2) is 11.5 Å². The summed E-state index contributed by atoms with van der Waals surface area (Å²) in [7, 11) is 1.53. The number of nitrogens with zero attached hydrogens (tertiary/aromatic N) is 1. The smallest absolute Gasteiger partial charge is 0.258 e. The number of phenolic OH excluding ortho intramolecular Hbond substituents is 1. The van der Waals surface area contributed by atoms with Crippen LogP contribution in [0, 0.1) is 3.57 Å². The van der Waals surface area contributed by atoms with Gasteiger partial charge >= 0.3 is 0 Å². The van der Waals surface area contributed by atoms with E-state index in [4.69, 9.17) is 4.74 Å². The van der Waals surface area contributed by atoms with Crippen molar-refractivity contribution in [3.63, 3.8) is 0 Å². The summed E-state index contributed by atoms with van der Waals surface area (Å²) in [6, 6.07) is 11.5. The summed E-state index contributed by atoms with van der Waals surface area (Å²) in [5, 5.41) is 13.6. The molecule has 2 aromatic carbocycles. The Bertz CT molecular complexity index is 820. The quantitative estimate of drug-likeness (QED) is 0.720. The monoisotopic (exact) mass is 436 g/mol. The summed E-state index contributed by atoms with van der Waals surface area (Å²) in [6.45, 7) is 0. The van der Waals surface area contributed by atoms with Crippen LogP contribution in [-0.4, -0.2) is 29.1 Å². The minimum absolute atomic E-state index is 0.0545. The van der Waals surface area contributed by atoms with E-state index in [1.165, 1.54) is 7.11 Å². The molecule has 1 fully saturated rings. The maximum atomic E-state index is 13.0. The fourth-order valence-electron chi connectivity index (χ4n) is 3.15. The van der Waals surface area contributed by atoms with Gasteiger partial charge in [0.25, 0.3) is 5.91 Å². The number of para-hydroxylation sites is 1. The standard InChI is InChI=1S/C18H17IN2O3/c1-24-15-9-10(8-13(19)16(15)22)17-20-14-5-3-2-4-12(14)18(23)21(17)11-6-7-11/h2-5,8-9,11,17,20,22H,6-7H2,1H3/t17-/m0/s1. The number of nitrogens with one attached hydrogen (secondary N) is 1. The molecule has 0 saturated heterocycles. The number of benzene rings is 2. The van der Waals surface area contributed by atoms with Crippen LogP contribution in [0.1, 0.15) is 34.9 Å². The first-order valence-corrected chi connectivity index (χ1v) is 8.92. The van der Waals surface area contributed by atoms with Gasteiger partial charge in [0.2, 0.25) is 0 Å². The topological polar surface area (TPSA) is 61.8 Å². The van der Waals surface area contributed by atoms with Gasteiger partial charge in [-0.25, -0.2) is 0 Å². The number of anilines is 1. The number of ether oxygens (including phenoxy) is 1. The molecule has 1 heterocycles. The summed E-state index contributed by atoms with van der Waals surface area (Å²) in [6.07, 6.45) is 1.79. The van der Waals surface area contributed by atoms with E-state index in [0.717, 1.165) is 24.1 Å².